The van der Waals surface area contributed by atoms with Crippen LogP contribution in [0.25, 0.3) is 0 Å². The SMILES string of the molecule is Nc1cc(Br)c(F)c(S(=O)(=O)Nc2cc(Cl)cc(Cl)c2)c1. The maximum Gasteiger partial charge on any atom is 0.264 e. The van der Waals surface area contributed by atoms with Crippen molar-refractivity contribution in [3.05, 3.63) is 50.7 Å². The van der Waals surface area contributed by atoms with Crippen molar-refractivity contribution in [2.45, 2.75) is 4.90 Å². The van der Waals surface area contributed by atoms with Gasteiger partial charge in [-0.1, -0.05) is 23.2 Å². The van der Waals surface area contributed by atoms with E-state index in [4.69, 9.17) is 28.9 Å². The summed E-state index contributed by atoms with van der Waals surface area (Å²) in [5.41, 5.74) is 5.76. The van der Waals surface area contributed by atoms with Gasteiger partial charge in [0.15, 0.2) is 5.82 Å². The molecule has 112 valence electrons. The third-order valence-corrected chi connectivity index (χ3v) is 4.82. The molecule has 2 rings (SSSR count). The lowest BCUT2D eigenvalue weighted by molar-refractivity contribution is 0.567. The average Bonchev–Trinajstić information content (AvgIpc) is 2.31. The summed E-state index contributed by atoms with van der Waals surface area (Å²) in [6.45, 7) is 0. The maximum absolute atomic E-state index is 14.0. The predicted molar refractivity (Wildman–Crippen MR) is 85.8 cm³/mol. The van der Waals surface area contributed by atoms with Gasteiger partial charge >= 0.3 is 0 Å². The summed E-state index contributed by atoms with van der Waals surface area (Å²) in [6, 6.07) is 6.44. The van der Waals surface area contributed by atoms with Crippen LogP contribution in [0.15, 0.2) is 39.7 Å². The Bertz CT molecular complexity index is 795. The Morgan fingerprint density at radius 3 is 2.24 bits per heavy atom. The van der Waals surface area contributed by atoms with E-state index in [1.807, 2.05) is 0 Å². The number of halogens is 4. The molecule has 0 saturated carbocycles. The largest absolute Gasteiger partial charge is 0.399 e. The third kappa shape index (κ3) is 3.79. The van der Waals surface area contributed by atoms with Crippen LogP contribution in [0, 0.1) is 5.82 Å². The molecule has 2 aromatic rings. The molecule has 0 bridgehead atoms. The minimum Gasteiger partial charge on any atom is -0.399 e. The van der Waals surface area contributed by atoms with Crippen LogP contribution in [0.2, 0.25) is 10.0 Å². The van der Waals surface area contributed by atoms with E-state index in [1.165, 1.54) is 24.3 Å². The molecule has 2 aromatic carbocycles. The third-order valence-electron chi connectivity index (χ3n) is 2.42. The van der Waals surface area contributed by atoms with Crippen molar-refractivity contribution >= 4 is 60.5 Å². The quantitative estimate of drug-likeness (QED) is 0.737. The summed E-state index contributed by atoms with van der Waals surface area (Å²) in [7, 11) is -4.17. The van der Waals surface area contributed by atoms with Crippen LogP contribution < -0.4 is 10.5 Å². The van der Waals surface area contributed by atoms with Crippen LogP contribution >= 0.6 is 39.1 Å². The first-order valence-corrected chi connectivity index (χ1v) is 8.46. The fourth-order valence-electron chi connectivity index (χ4n) is 1.60. The fourth-order valence-corrected chi connectivity index (χ4v) is 3.91. The number of sulfonamides is 1. The molecular formula is C12H8BrCl2FN2O2S. The number of anilines is 2. The molecule has 0 aliphatic heterocycles. The smallest absolute Gasteiger partial charge is 0.264 e. The van der Waals surface area contributed by atoms with Crippen molar-refractivity contribution in [2.24, 2.45) is 0 Å². The van der Waals surface area contributed by atoms with Crippen molar-refractivity contribution in [1.29, 1.82) is 0 Å². The van der Waals surface area contributed by atoms with E-state index in [-0.39, 0.29) is 25.9 Å². The summed E-state index contributed by atoms with van der Waals surface area (Å²) < 4.78 is 40.6. The highest BCUT2D eigenvalue weighted by Gasteiger charge is 2.22. The summed E-state index contributed by atoms with van der Waals surface area (Å²) in [5, 5.41) is 0.490. The van der Waals surface area contributed by atoms with Crippen LogP contribution in [0.4, 0.5) is 15.8 Å². The fraction of sp³-hybridized carbons (Fsp3) is 0. The van der Waals surface area contributed by atoms with Crippen LogP contribution in [0.5, 0.6) is 0 Å². The zero-order chi connectivity index (χ0) is 15.8. The molecule has 0 aliphatic carbocycles. The molecule has 9 heteroatoms. The maximum atomic E-state index is 14.0. The van der Waals surface area contributed by atoms with E-state index in [9.17, 15) is 12.8 Å². The summed E-state index contributed by atoms with van der Waals surface area (Å²) >= 11 is 14.5. The van der Waals surface area contributed by atoms with Gasteiger partial charge in [0.1, 0.15) is 4.90 Å². The molecule has 0 fully saturated rings. The normalized spacial score (nSPS) is 11.4. The van der Waals surface area contributed by atoms with Crippen molar-refractivity contribution in [2.75, 3.05) is 10.5 Å². The Labute approximate surface area is 139 Å². The number of nitrogens with one attached hydrogen (secondary N) is 1. The van der Waals surface area contributed by atoms with Crippen molar-refractivity contribution < 1.29 is 12.8 Å². The standard InChI is InChI=1S/C12H8BrCl2FN2O2S/c13-10-4-8(17)5-11(12(10)16)21(19,20)18-9-2-6(14)1-7(15)3-9/h1-5,18H,17H2. The second kappa shape index (κ2) is 6.00. The van der Waals surface area contributed by atoms with Gasteiger partial charge in [-0.3, -0.25) is 4.72 Å². The molecule has 4 nitrogen and oxygen atoms in total. The number of hydrogen-bond acceptors (Lipinski definition) is 3. The van der Waals surface area contributed by atoms with Gasteiger partial charge in [0, 0.05) is 15.7 Å². The van der Waals surface area contributed by atoms with Crippen LogP contribution in [-0.4, -0.2) is 8.42 Å². The van der Waals surface area contributed by atoms with Gasteiger partial charge in [0.2, 0.25) is 0 Å². The second-order valence-corrected chi connectivity index (χ2v) is 7.46. The molecule has 0 radical (unpaired) electrons. The first-order valence-electron chi connectivity index (χ1n) is 5.42. The van der Waals surface area contributed by atoms with Gasteiger partial charge in [-0.15, -0.1) is 0 Å². The Morgan fingerprint density at radius 1 is 1.10 bits per heavy atom. The van der Waals surface area contributed by atoms with Gasteiger partial charge in [-0.2, -0.15) is 0 Å². The molecule has 0 atom stereocenters. The Hall–Kier alpha value is -1.02. The van der Waals surface area contributed by atoms with Crippen LogP contribution in [-0.2, 0) is 10.0 Å². The molecule has 21 heavy (non-hydrogen) atoms. The monoisotopic (exact) mass is 412 g/mol. The Kier molecular flexibility index (Phi) is 4.67. The van der Waals surface area contributed by atoms with Gasteiger partial charge in [-0.25, -0.2) is 12.8 Å². The van der Waals surface area contributed by atoms with Gasteiger partial charge in [-0.05, 0) is 46.3 Å². The van der Waals surface area contributed by atoms with Crippen LogP contribution in [0.3, 0.4) is 0 Å². The number of benzene rings is 2. The minimum absolute atomic E-state index is 0.0491. The minimum atomic E-state index is -4.17. The molecule has 0 aliphatic rings. The molecular weight excluding hydrogens is 406 g/mol. The number of hydrogen-bond donors (Lipinski definition) is 2. The molecule has 3 N–H and O–H groups in total. The molecule has 0 amide bonds. The first kappa shape index (κ1) is 16.4. The lowest BCUT2D eigenvalue weighted by Gasteiger charge is -2.11. The molecule has 0 unspecified atom stereocenters. The van der Waals surface area contributed by atoms with E-state index in [2.05, 4.69) is 20.7 Å². The predicted octanol–water partition coefficient (Wildman–Crippen LogP) is 4.28. The molecule has 0 saturated heterocycles. The van der Waals surface area contributed by atoms with Gasteiger partial charge in [0.05, 0.1) is 10.2 Å². The zero-order valence-corrected chi connectivity index (χ0v) is 14.1. The Balaban J connectivity index is 2.48. The first-order chi connectivity index (χ1) is 9.69. The number of rotatable bonds is 3. The molecule has 0 aromatic heterocycles. The zero-order valence-electron chi connectivity index (χ0n) is 10.2. The topological polar surface area (TPSA) is 72.2 Å². The lowest BCUT2D eigenvalue weighted by Crippen LogP contribution is -2.15. The Morgan fingerprint density at radius 2 is 1.67 bits per heavy atom. The summed E-state index contributed by atoms with van der Waals surface area (Å²) in [4.78, 5) is -0.578. The van der Waals surface area contributed by atoms with E-state index in [0.29, 0.717) is 0 Å². The molecule has 0 heterocycles. The second-order valence-electron chi connectivity index (χ2n) is 4.08. The number of nitrogens with two attached hydrogens (primary N) is 1. The summed E-state index contributed by atoms with van der Waals surface area (Å²) in [6.07, 6.45) is 0. The summed E-state index contributed by atoms with van der Waals surface area (Å²) in [5.74, 6) is -0.940. The highest BCUT2D eigenvalue weighted by Crippen LogP contribution is 2.29. The van der Waals surface area contributed by atoms with Crippen molar-refractivity contribution in [3.63, 3.8) is 0 Å². The highest BCUT2D eigenvalue weighted by atomic mass is 79.9. The van der Waals surface area contributed by atoms with Gasteiger partial charge < -0.3 is 5.73 Å². The van der Waals surface area contributed by atoms with E-state index < -0.39 is 20.7 Å². The van der Waals surface area contributed by atoms with E-state index in [0.717, 1.165) is 6.07 Å². The van der Waals surface area contributed by atoms with Crippen LogP contribution in [0.1, 0.15) is 0 Å². The average molecular weight is 414 g/mol. The number of nitrogen functional groups attached to an aromatic ring is 1. The lowest BCUT2D eigenvalue weighted by atomic mass is 10.3. The van der Waals surface area contributed by atoms with E-state index >= 15 is 0 Å². The van der Waals surface area contributed by atoms with Gasteiger partial charge in [0.25, 0.3) is 10.0 Å². The van der Waals surface area contributed by atoms with Crippen molar-refractivity contribution in [1.82, 2.24) is 0 Å². The highest BCUT2D eigenvalue weighted by molar-refractivity contribution is 9.10. The van der Waals surface area contributed by atoms with E-state index in [1.54, 1.807) is 0 Å². The molecule has 0 spiro atoms. The van der Waals surface area contributed by atoms with Crippen molar-refractivity contribution in [3.8, 4) is 0 Å².